The first-order valence-corrected chi connectivity index (χ1v) is 13.1. The van der Waals surface area contributed by atoms with Gasteiger partial charge in [0.05, 0.1) is 5.75 Å². The van der Waals surface area contributed by atoms with Gasteiger partial charge in [-0.3, -0.25) is 10.1 Å². The maximum Gasteiger partial charge on any atom is 0.339 e. The van der Waals surface area contributed by atoms with E-state index >= 15 is 0 Å². The summed E-state index contributed by atoms with van der Waals surface area (Å²) in [6.45, 7) is 1.44. The smallest absolute Gasteiger partial charge is 0.339 e. The van der Waals surface area contributed by atoms with E-state index in [2.05, 4.69) is 14.7 Å². The van der Waals surface area contributed by atoms with Crippen molar-refractivity contribution in [2.24, 2.45) is 0 Å². The Morgan fingerprint density at radius 3 is 2.39 bits per heavy atom. The molecule has 0 aliphatic heterocycles. The summed E-state index contributed by atoms with van der Waals surface area (Å²) in [6, 6.07) is 15.1. The monoisotopic (exact) mass is 504 g/mol. The molecule has 1 amide bonds. The summed E-state index contributed by atoms with van der Waals surface area (Å²) in [5.74, 6) is -0.939. The van der Waals surface area contributed by atoms with Gasteiger partial charge in [-0.15, -0.1) is 0 Å². The molecule has 1 N–H and O–H groups in total. The maximum atomic E-state index is 12.4. The molecule has 1 aromatic heterocycles. The van der Waals surface area contributed by atoms with E-state index in [0.29, 0.717) is 17.1 Å². The highest BCUT2D eigenvalue weighted by Crippen LogP contribution is 2.21. The van der Waals surface area contributed by atoms with Crippen LogP contribution < -0.4 is 9.50 Å². The summed E-state index contributed by atoms with van der Waals surface area (Å²) in [5, 5.41) is 11.2. The predicted octanol–water partition coefficient (Wildman–Crippen LogP) is 2.65. The Kier molecular flexibility index (Phi) is 7.22. The van der Waals surface area contributed by atoms with Crippen molar-refractivity contribution in [2.75, 3.05) is 11.1 Å². The number of hydrogen-bond acceptors (Lipinski definition) is 10. The Bertz CT molecular complexity index is 1440. The van der Waals surface area contributed by atoms with Gasteiger partial charge >= 0.3 is 10.1 Å². The summed E-state index contributed by atoms with van der Waals surface area (Å²) in [5.41, 5.74) is 0.147. The molecule has 3 aromatic rings. The van der Waals surface area contributed by atoms with E-state index in [4.69, 9.17) is 4.18 Å². The van der Waals surface area contributed by atoms with Crippen LogP contribution in [0.2, 0.25) is 0 Å². The minimum atomic E-state index is -4.00. The highest BCUT2D eigenvalue weighted by atomic mass is 32.2. The Hall–Kier alpha value is -3.60. The molecule has 0 radical (unpaired) electrons. The lowest BCUT2D eigenvalue weighted by atomic mass is 10.1. The lowest BCUT2D eigenvalue weighted by molar-refractivity contribution is -0.112. The van der Waals surface area contributed by atoms with Gasteiger partial charge in [0.1, 0.15) is 22.3 Å². The molecule has 1 heterocycles. The van der Waals surface area contributed by atoms with Crippen LogP contribution in [-0.4, -0.2) is 37.9 Å². The lowest BCUT2D eigenvalue weighted by Gasteiger charge is -2.07. The summed E-state index contributed by atoms with van der Waals surface area (Å²) >= 11 is 0.677. The zero-order chi connectivity index (χ0) is 24.1. The van der Waals surface area contributed by atoms with E-state index in [-0.39, 0.29) is 27.1 Å². The molecule has 0 bridgehead atoms. The van der Waals surface area contributed by atoms with E-state index in [1.54, 1.807) is 24.3 Å². The number of anilines is 1. The van der Waals surface area contributed by atoms with Crippen molar-refractivity contribution in [2.45, 2.75) is 17.0 Å². The third kappa shape index (κ3) is 6.01. The Morgan fingerprint density at radius 1 is 1.12 bits per heavy atom. The highest BCUT2D eigenvalue weighted by molar-refractivity contribution is 7.91. The highest BCUT2D eigenvalue weighted by Gasteiger charge is 2.20. The van der Waals surface area contributed by atoms with Crippen molar-refractivity contribution in [3.8, 4) is 11.8 Å². The zero-order valence-electron chi connectivity index (χ0n) is 17.0. The van der Waals surface area contributed by atoms with Gasteiger partial charge in [0.25, 0.3) is 11.1 Å². The third-order valence-corrected chi connectivity index (χ3v) is 7.59. The lowest BCUT2D eigenvalue weighted by Crippen LogP contribution is -2.13. The Balaban J connectivity index is 1.72. The van der Waals surface area contributed by atoms with Crippen LogP contribution >= 0.6 is 11.5 Å². The van der Waals surface area contributed by atoms with Gasteiger partial charge in [0, 0.05) is 11.5 Å². The number of carbonyl (C=O) groups is 1. The van der Waals surface area contributed by atoms with Gasteiger partial charge in [0.2, 0.25) is 15.0 Å². The number of sulfone groups is 1. The second-order valence-corrected chi connectivity index (χ2v) is 10.8. The largest absolute Gasteiger partial charge is 0.379 e. The van der Waals surface area contributed by atoms with Crippen LogP contribution in [0.3, 0.4) is 0 Å². The minimum Gasteiger partial charge on any atom is -0.379 e. The first-order valence-electron chi connectivity index (χ1n) is 9.24. The van der Waals surface area contributed by atoms with Crippen LogP contribution in [0.25, 0.3) is 6.08 Å². The van der Waals surface area contributed by atoms with Crippen molar-refractivity contribution >= 4 is 48.6 Å². The standard InChI is InChI=1S/C20H16N4O6S3/c1-2-32(26,27)20-23-19(31-24-20)22-18(25)15(13-21)12-14-8-10-16(11-9-14)30-33(28,29)17-6-4-3-5-7-17/h3-12H,2H2,1H3,(H,22,23,24,25)/b15-12-. The topological polar surface area (TPSA) is 156 Å². The summed E-state index contributed by atoms with van der Waals surface area (Å²) < 4.78 is 56.9. The normalized spacial score (nSPS) is 12.1. The minimum absolute atomic E-state index is 0.00369. The molecular formula is C20H16N4O6S3. The Morgan fingerprint density at radius 2 is 1.79 bits per heavy atom. The van der Waals surface area contributed by atoms with E-state index in [0.717, 1.165) is 0 Å². The number of nitriles is 1. The van der Waals surface area contributed by atoms with Crippen molar-refractivity contribution in [3.05, 3.63) is 65.7 Å². The fraction of sp³-hybridized carbons (Fsp3) is 0.100. The fourth-order valence-electron chi connectivity index (χ4n) is 2.38. The number of aromatic nitrogens is 2. The van der Waals surface area contributed by atoms with Crippen LogP contribution in [-0.2, 0) is 24.7 Å². The molecule has 0 saturated carbocycles. The van der Waals surface area contributed by atoms with Crippen molar-refractivity contribution in [1.82, 2.24) is 9.36 Å². The first kappa shape index (κ1) is 24.1. The third-order valence-electron chi connectivity index (χ3n) is 4.08. The van der Waals surface area contributed by atoms with Crippen LogP contribution in [0.1, 0.15) is 12.5 Å². The molecule has 0 fully saturated rings. The van der Waals surface area contributed by atoms with Crippen LogP contribution in [0, 0.1) is 11.3 Å². The van der Waals surface area contributed by atoms with Gasteiger partial charge < -0.3 is 4.18 Å². The molecular weight excluding hydrogens is 488 g/mol. The Labute approximate surface area is 194 Å². The number of carbonyl (C=O) groups excluding carboxylic acids is 1. The first-order chi connectivity index (χ1) is 15.6. The van der Waals surface area contributed by atoms with Crippen molar-refractivity contribution in [3.63, 3.8) is 0 Å². The second kappa shape index (κ2) is 9.90. The number of rotatable bonds is 8. The molecule has 0 aliphatic carbocycles. The molecule has 170 valence electrons. The molecule has 0 saturated heterocycles. The maximum absolute atomic E-state index is 12.4. The number of nitrogens with one attached hydrogen (secondary N) is 1. The quantitative estimate of drug-likeness (QED) is 0.277. The summed E-state index contributed by atoms with van der Waals surface area (Å²) in [6.07, 6.45) is 1.27. The van der Waals surface area contributed by atoms with Crippen LogP contribution in [0.15, 0.2) is 70.2 Å². The molecule has 0 spiro atoms. The molecule has 0 aliphatic rings. The SMILES string of the molecule is CCS(=O)(=O)c1nsc(NC(=O)/C(C#N)=C\c2ccc(OS(=O)(=O)c3ccccc3)cc2)n1. The number of hydrogen-bond donors (Lipinski definition) is 1. The number of amides is 1. The molecule has 0 unspecified atom stereocenters. The van der Waals surface area contributed by atoms with Crippen molar-refractivity contribution < 1.29 is 25.8 Å². The molecule has 2 aromatic carbocycles. The predicted molar refractivity (Wildman–Crippen MR) is 121 cm³/mol. The van der Waals surface area contributed by atoms with E-state index in [1.165, 1.54) is 49.4 Å². The van der Waals surface area contributed by atoms with Crippen LogP contribution in [0.4, 0.5) is 5.13 Å². The van der Waals surface area contributed by atoms with E-state index in [9.17, 15) is 26.9 Å². The summed E-state index contributed by atoms with van der Waals surface area (Å²) in [4.78, 5) is 16.1. The molecule has 0 atom stereocenters. The summed E-state index contributed by atoms with van der Waals surface area (Å²) in [7, 11) is -7.62. The van der Waals surface area contributed by atoms with Crippen LogP contribution in [0.5, 0.6) is 5.75 Å². The van der Waals surface area contributed by atoms with Gasteiger partial charge in [0.15, 0.2) is 0 Å². The van der Waals surface area contributed by atoms with Crippen molar-refractivity contribution in [1.29, 1.82) is 5.26 Å². The molecule has 13 heteroatoms. The molecule has 10 nitrogen and oxygen atoms in total. The number of benzene rings is 2. The fourth-order valence-corrected chi connectivity index (χ4v) is 4.91. The van der Waals surface area contributed by atoms with E-state index in [1.807, 2.05) is 0 Å². The molecule has 33 heavy (non-hydrogen) atoms. The van der Waals surface area contributed by atoms with Gasteiger partial charge in [-0.1, -0.05) is 37.3 Å². The average molecular weight is 505 g/mol. The second-order valence-electron chi connectivity index (χ2n) is 6.33. The van der Waals surface area contributed by atoms with Gasteiger partial charge in [-0.25, -0.2) is 8.42 Å². The van der Waals surface area contributed by atoms with Gasteiger partial charge in [-0.2, -0.15) is 23.0 Å². The van der Waals surface area contributed by atoms with E-state index < -0.39 is 31.0 Å². The zero-order valence-corrected chi connectivity index (χ0v) is 19.4. The average Bonchev–Trinajstić information content (AvgIpc) is 3.28. The van der Waals surface area contributed by atoms with Gasteiger partial charge in [-0.05, 0) is 35.9 Å². The number of nitrogens with zero attached hydrogens (tertiary/aromatic N) is 3. The molecule has 3 rings (SSSR count).